The van der Waals surface area contributed by atoms with Crippen molar-refractivity contribution in [1.29, 1.82) is 0 Å². The van der Waals surface area contributed by atoms with E-state index in [1.54, 1.807) is 11.3 Å². The summed E-state index contributed by atoms with van der Waals surface area (Å²) in [4.78, 5) is 18.9. The summed E-state index contributed by atoms with van der Waals surface area (Å²) in [5, 5.41) is 6.05. The molecule has 0 aliphatic carbocycles. The van der Waals surface area contributed by atoms with Crippen LogP contribution in [-0.4, -0.2) is 41.7 Å². The maximum Gasteiger partial charge on any atom is 0.318 e. The van der Waals surface area contributed by atoms with Crippen molar-refractivity contribution in [2.24, 2.45) is 0 Å². The van der Waals surface area contributed by atoms with E-state index < -0.39 is 0 Å². The molecule has 0 unspecified atom stereocenters. The minimum Gasteiger partial charge on any atom is -0.377 e. The Hall–Kier alpha value is -1.40. The molecule has 1 aromatic heterocycles. The molecule has 0 saturated carbocycles. The molecule has 0 aromatic carbocycles. The number of ether oxygens (including phenoxy) is 1. The molecule has 1 aliphatic heterocycles. The first kappa shape index (κ1) is 17.0. The van der Waals surface area contributed by atoms with Crippen LogP contribution in [0.4, 0.5) is 4.79 Å². The second-order valence-electron chi connectivity index (χ2n) is 5.68. The van der Waals surface area contributed by atoms with Gasteiger partial charge in [0, 0.05) is 23.7 Å². The van der Waals surface area contributed by atoms with Crippen LogP contribution in [-0.2, 0) is 4.74 Å². The molecular weight excluding hydrogens is 298 g/mol. The first-order valence-electron chi connectivity index (χ1n) is 7.79. The van der Waals surface area contributed by atoms with E-state index in [0.717, 1.165) is 30.0 Å². The largest absolute Gasteiger partial charge is 0.377 e. The number of unbranched alkanes of at least 4 members (excludes halogenated alkanes) is 1. The van der Waals surface area contributed by atoms with Gasteiger partial charge in [-0.25, -0.2) is 9.78 Å². The Morgan fingerprint density at radius 2 is 2.55 bits per heavy atom. The molecule has 2 atom stereocenters. The number of carbonyl (C=O) groups is 1. The Bertz CT molecular complexity index is 503. The number of morpholine rings is 1. The van der Waals surface area contributed by atoms with Crippen molar-refractivity contribution in [2.45, 2.75) is 45.2 Å². The summed E-state index contributed by atoms with van der Waals surface area (Å²) in [5.74, 6) is 0. The van der Waals surface area contributed by atoms with E-state index in [1.165, 1.54) is 0 Å². The molecule has 2 heterocycles. The van der Waals surface area contributed by atoms with Crippen molar-refractivity contribution in [3.05, 3.63) is 28.7 Å². The number of nitrogens with zero attached hydrogens (tertiary/aromatic N) is 2. The molecule has 22 heavy (non-hydrogen) atoms. The zero-order valence-electron chi connectivity index (χ0n) is 13.4. The molecule has 2 rings (SSSR count). The van der Waals surface area contributed by atoms with Gasteiger partial charge in [0.25, 0.3) is 0 Å². The van der Waals surface area contributed by atoms with Gasteiger partial charge in [-0.05, 0) is 33.1 Å². The molecule has 1 N–H and O–H groups in total. The fourth-order valence-corrected chi connectivity index (χ4v) is 3.40. The number of urea groups is 1. The molecule has 122 valence electrons. The van der Waals surface area contributed by atoms with E-state index in [9.17, 15) is 4.79 Å². The average Bonchev–Trinajstić information content (AvgIpc) is 2.94. The number of carbonyl (C=O) groups excluding carboxylic acids is 1. The van der Waals surface area contributed by atoms with Crippen LogP contribution in [0, 0.1) is 6.92 Å². The average molecular weight is 323 g/mol. The number of rotatable bonds is 6. The normalized spacial score (nSPS) is 19.7. The van der Waals surface area contributed by atoms with Crippen molar-refractivity contribution in [2.75, 3.05) is 19.8 Å². The fraction of sp³-hybridized carbons (Fsp3) is 0.625. The van der Waals surface area contributed by atoms with Crippen LogP contribution in [0.25, 0.3) is 0 Å². The smallest absolute Gasteiger partial charge is 0.318 e. The summed E-state index contributed by atoms with van der Waals surface area (Å²) in [7, 11) is 0. The molecule has 5 nitrogen and oxygen atoms in total. The highest BCUT2D eigenvalue weighted by Gasteiger charge is 2.31. The summed E-state index contributed by atoms with van der Waals surface area (Å²) in [5.41, 5.74) is 0.990. The second-order valence-corrected chi connectivity index (χ2v) is 6.57. The Morgan fingerprint density at radius 3 is 3.23 bits per heavy atom. The number of hydrogen-bond acceptors (Lipinski definition) is 4. The maximum atomic E-state index is 12.5. The molecule has 1 aliphatic rings. The molecule has 6 heteroatoms. The van der Waals surface area contributed by atoms with Gasteiger partial charge in [0.1, 0.15) is 11.0 Å². The van der Waals surface area contributed by atoms with Crippen molar-refractivity contribution < 1.29 is 9.53 Å². The predicted octanol–water partition coefficient (Wildman–Crippen LogP) is 3.28. The summed E-state index contributed by atoms with van der Waals surface area (Å²) in [6, 6.07) is 0.0639. The van der Waals surface area contributed by atoms with Gasteiger partial charge in [-0.15, -0.1) is 17.9 Å². The lowest BCUT2D eigenvalue weighted by Gasteiger charge is -2.35. The van der Waals surface area contributed by atoms with Gasteiger partial charge in [0.05, 0.1) is 13.2 Å². The molecule has 0 radical (unpaired) electrons. The summed E-state index contributed by atoms with van der Waals surface area (Å²) >= 11 is 1.59. The number of amides is 2. The Balaban J connectivity index is 1.95. The van der Waals surface area contributed by atoms with E-state index in [1.807, 2.05) is 30.2 Å². The van der Waals surface area contributed by atoms with Gasteiger partial charge in [-0.2, -0.15) is 0 Å². The van der Waals surface area contributed by atoms with Crippen LogP contribution in [0.2, 0.25) is 0 Å². The number of nitrogens with one attached hydrogen (secondary N) is 1. The summed E-state index contributed by atoms with van der Waals surface area (Å²) < 4.78 is 5.54. The Morgan fingerprint density at radius 1 is 1.73 bits per heavy atom. The molecule has 0 bridgehead atoms. The number of aryl methyl sites for hydroxylation is 1. The molecular formula is C16H25N3O2S. The van der Waals surface area contributed by atoms with Gasteiger partial charge in [-0.1, -0.05) is 6.08 Å². The molecule has 0 spiro atoms. The van der Waals surface area contributed by atoms with Crippen LogP contribution >= 0.6 is 11.3 Å². The third-order valence-corrected chi connectivity index (χ3v) is 4.79. The number of thiazole rings is 1. The second kappa shape index (κ2) is 8.29. The van der Waals surface area contributed by atoms with Crippen LogP contribution < -0.4 is 5.32 Å². The zero-order chi connectivity index (χ0) is 15.9. The topological polar surface area (TPSA) is 54.5 Å². The van der Waals surface area contributed by atoms with E-state index in [-0.39, 0.29) is 18.1 Å². The summed E-state index contributed by atoms with van der Waals surface area (Å²) in [6.07, 6.45) is 4.91. The lowest BCUT2D eigenvalue weighted by molar-refractivity contribution is 0.0110. The lowest BCUT2D eigenvalue weighted by Crippen LogP contribution is -2.50. The molecule has 1 fully saturated rings. The third kappa shape index (κ3) is 4.55. The predicted molar refractivity (Wildman–Crippen MR) is 89.2 cm³/mol. The van der Waals surface area contributed by atoms with E-state index in [2.05, 4.69) is 16.9 Å². The molecule has 1 saturated heterocycles. The van der Waals surface area contributed by atoms with Crippen LogP contribution in [0.5, 0.6) is 0 Å². The Labute approximate surface area is 136 Å². The fourth-order valence-electron chi connectivity index (χ4n) is 2.51. The van der Waals surface area contributed by atoms with Crippen molar-refractivity contribution in [3.63, 3.8) is 0 Å². The monoisotopic (exact) mass is 323 g/mol. The van der Waals surface area contributed by atoms with Crippen LogP contribution in [0.1, 0.15) is 42.9 Å². The standard InChI is InChI=1S/C16H25N3O2S/c1-4-5-6-7-12(2)18-16(20)19-8-9-21-10-14(19)15-17-13(3)11-22-15/h4,11-12,14H,1,5-10H2,2-3H3,(H,18,20)/t12-,14-/m0/s1. The van der Waals surface area contributed by atoms with Gasteiger partial charge >= 0.3 is 6.03 Å². The zero-order valence-corrected chi connectivity index (χ0v) is 14.2. The van der Waals surface area contributed by atoms with Gasteiger partial charge in [0.15, 0.2) is 0 Å². The number of hydrogen-bond donors (Lipinski definition) is 1. The third-order valence-electron chi connectivity index (χ3n) is 3.73. The van der Waals surface area contributed by atoms with E-state index in [4.69, 9.17) is 4.74 Å². The highest BCUT2D eigenvalue weighted by atomic mass is 32.1. The Kier molecular flexibility index (Phi) is 6.39. The first-order valence-corrected chi connectivity index (χ1v) is 8.67. The summed E-state index contributed by atoms with van der Waals surface area (Å²) in [6.45, 7) is 9.44. The lowest BCUT2D eigenvalue weighted by atomic mass is 10.1. The minimum atomic E-state index is -0.0761. The molecule has 1 aromatic rings. The highest BCUT2D eigenvalue weighted by Crippen LogP contribution is 2.27. The van der Waals surface area contributed by atoms with E-state index in [0.29, 0.717) is 19.8 Å². The van der Waals surface area contributed by atoms with Crippen molar-refractivity contribution in [1.82, 2.24) is 15.2 Å². The van der Waals surface area contributed by atoms with Gasteiger partial charge in [0.2, 0.25) is 0 Å². The SMILES string of the molecule is C=CCCC[C@H](C)NC(=O)N1CCOC[C@H]1c1nc(C)cs1. The highest BCUT2D eigenvalue weighted by molar-refractivity contribution is 7.09. The van der Waals surface area contributed by atoms with Crippen molar-refractivity contribution in [3.8, 4) is 0 Å². The first-order chi connectivity index (χ1) is 10.6. The minimum absolute atomic E-state index is 0.0211. The van der Waals surface area contributed by atoms with Gasteiger partial charge in [-0.3, -0.25) is 0 Å². The van der Waals surface area contributed by atoms with Crippen molar-refractivity contribution >= 4 is 17.4 Å². The van der Waals surface area contributed by atoms with Crippen LogP contribution in [0.15, 0.2) is 18.0 Å². The van der Waals surface area contributed by atoms with Crippen LogP contribution in [0.3, 0.4) is 0 Å². The number of allylic oxidation sites excluding steroid dienone is 1. The van der Waals surface area contributed by atoms with Gasteiger partial charge < -0.3 is 15.0 Å². The molecule has 2 amide bonds. The van der Waals surface area contributed by atoms with E-state index >= 15 is 0 Å². The maximum absolute atomic E-state index is 12.5. The number of aromatic nitrogens is 1. The quantitative estimate of drug-likeness (QED) is 0.646.